The van der Waals surface area contributed by atoms with E-state index in [2.05, 4.69) is 5.32 Å². The minimum atomic E-state index is 0.170. The maximum absolute atomic E-state index is 6.01. The number of nitrogens with one attached hydrogen (secondary N) is 1. The molecule has 15 heavy (non-hydrogen) atoms. The molecule has 0 aliphatic carbocycles. The average Bonchev–Trinajstić information content (AvgIpc) is 2.17. The van der Waals surface area contributed by atoms with Gasteiger partial charge in [-0.05, 0) is 32.0 Å². The fraction of sp³-hybridized carbons (Fsp3) is 0.455. The molecule has 1 aromatic carbocycles. The van der Waals surface area contributed by atoms with Crippen LogP contribution in [0.25, 0.3) is 0 Å². The summed E-state index contributed by atoms with van der Waals surface area (Å²) in [6, 6.07) is 5.42. The minimum Gasteiger partial charge on any atom is -0.399 e. The first kappa shape index (κ1) is 12.1. The Balaban J connectivity index is 2.50. The van der Waals surface area contributed by atoms with Gasteiger partial charge in [0.25, 0.3) is 0 Å². The molecule has 0 fully saturated rings. The quantitative estimate of drug-likeness (QED) is 0.762. The summed E-state index contributed by atoms with van der Waals surface area (Å²) < 4.78 is 5.40. The molecule has 0 amide bonds. The lowest BCUT2D eigenvalue weighted by atomic mass is 10.2. The van der Waals surface area contributed by atoms with E-state index in [1.807, 2.05) is 26.0 Å². The van der Waals surface area contributed by atoms with Gasteiger partial charge in [0.1, 0.15) is 0 Å². The topological polar surface area (TPSA) is 47.3 Å². The van der Waals surface area contributed by atoms with Crippen LogP contribution in [-0.2, 0) is 4.74 Å². The summed E-state index contributed by atoms with van der Waals surface area (Å²) in [6.45, 7) is 5.45. The highest BCUT2D eigenvalue weighted by atomic mass is 35.5. The Kier molecular flexibility index (Phi) is 4.72. The van der Waals surface area contributed by atoms with Crippen molar-refractivity contribution >= 4 is 23.0 Å². The normalized spacial score (nSPS) is 12.5. The molecular weight excluding hydrogens is 212 g/mol. The standard InChI is InChI=1S/C11H17ClN2O/c1-3-15-8(2)7-14-11-5-4-9(13)6-10(11)12/h4-6,8,14H,3,7,13H2,1-2H3. The van der Waals surface area contributed by atoms with E-state index in [1.165, 1.54) is 0 Å². The lowest BCUT2D eigenvalue weighted by molar-refractivity contribution is 0.0855. The van der Waals surface area contributed by atoms with E-state index < -0.39 is 0 Å². The van der Waals surface area contributed by atoms with Crippen molar-refractivity contribution in [3.05, 3.63) is 23.2 Å². The highest BCUT2D eigenvalue weighted by molar-refractivity contribution is 6.33. The van der Waals surface area contributed by atoms with Gasteiger partial charge in [0.2, 0.25) is 0 Å². The average molecular weight is 229 g/mol. The summed E-state index contributed by atoms with van der Waals surface area (Å²) >= 11 is 6.01. The van der Waals surface area contributed by atoms with Crippen LogP contribution in [0.2, 0.25) is 5.02 Å². The van der Waals surface area contributed by atoms with Gasteiger partial charge in [0.05, 0.1) is 16.8 Å². The van der Waals surface area contributed by atoms with Crippen LogP contribution in [0.15, 0.2) is 18.2 Å². The van der Waals surface area contributed by atoms with E-state index in [4.69, 9.17) is 22.1 Å². The van der Waals surface area contributed by atoms with Gasteiger partial charge >= 0.3 is 0 Å². The van der Waals surface area contributed by atoms with Crippen LogP contribution in [0.4, 0.5) is 11.4 Å². The monoisotopic (exact) mass is 228 g/mol. The molecule has 4 heteroatoms. The third-order valence-electron chi connectivity index (χ3n) is 2.02. The van der Waals surface area contributed by atoms with Crippen molar-refractivity contribution < 1.29 is 4.74 Å². The number of ether oxygens (including phenoxy) is 1. The molecule has 0 aliphatic rings. The first-order valence-corrected chi connectivity index (χ1v) is 5.41. The van der Waals surface area contributed by atoms with Crippen LogP contribution in [0.5, 0.6) is 0 Å². The number of hydrogen-bond donors (Lipinski definition) is 2. The van der Waals surface area contributed by atoms with Gasteiger partial charge < -0.3 is 15.8 Å². The number of rotatable bonds is 5. The lowest BCUT2D eigenvalue weighted by Crippen LogP contribution is -2.19. The number of halogens is 1. The number of nitrogens with two attached hydrogens (primary N) is 1. The molecule has 0 bridgehead atoms. The Hall–Kier alpha value is -0.930. The predicted molar refractivity (Wildman–Crippen MR) is 65.4 cm³/mol. The van der Waals surface area contributed by atoms with Gasteiger partial charge in [0, 0.05) is 18.8 Å². The Morgan fingerprint density at radius 3 is 2.87 bits per heavy atom. The summed E-state index contributed by atoms with van der Waals surface area (Å²) in [5.74, 6) is 0. The molecule has 3 nitrogen and oxygen atoms in total. The summed E-state index contributed by atoms with van der Waals surface area (Å²) in [5, 5.41) is 3.85. The van der Waals surface area contributed by atoms with Gasteiger partial charge in [-0.15, -0.1) is 0 Å². The van der Waals surface area contributed by atoms with E-state index in [-0.39, 0.29) is 6.10 Å². The lowest BCUT2D eigenvalue weighted by Gasteiger charge is -2.14. The highest BCUT2D eigenvalue weighted by Gasteiger charge is 2.03. The highest BCUT2D eigenvalue weighted by Crippen LogP contribution is 2.23. The van der Waals surface area contributed by atoms with Gasteiger partial charge in [-0.25, -0.2) is 0 Å². The van der Waals surface area contributed by atoms with E-state index in [0.29, 0.717) is 10.7 Å². The van der Waals surface area contributed by atoms with Crippen LogP contribution >= 0.6 is 11.6 Å². The van der Waals surface area contributed by atoms with E-state index in [1.54, 1.807) is 6.07 Å². The molecule has 0 spiro atoms. The molecule has 0 aliphatic heterocycles. The van der Waals surface area contributed by atoms with Crippen molar-refractivity contribution in [3.8, 4) is 0 Å². The summed E-state index contributed by atoms with van der Waals surface area (Å²) in [6.07, 6.45) is 0.170. The third-order valence-corrected chi connectivity index (χ3v) is 2.34. The smallest absolute Gasteiger partial charge is 0.0719 e. The minimum absolute atomic E-state index is 0.170. The van der Waals surface area contributed by atoms with Crippen LogP contribution in [0.1, 0.15) is 13.8 Å². The van der Waals surface area contributed by atoms with Crippen molar-refractivity contribution in [2.45, 2.75) is 20.0 Å². The largest absolute Gasteiger partial charge is 0.399 e. The van der Waals surface area contributed by atoms with Crippen molar-refractivity contribution in [3.63, 3.8) is 0 Å². The molecule has 0 radical (unpaired) electrons. The Morgan fingerprint density at radius 2 is 2.27 bits per heavy atom. The Labute approximate surface area is 95.6 Å². The zero-order valence-corrected chi connectivity index (χ0v) is 9.84. The number of nitrogen functional groups attached to an aromatic ring is 1. The molecule has 1 atom stereocenters. The first-order valence-electron chi connectivity index (χ1n) is 5.04. The number of hydrogen-bond acceptors (Lipinski definition) is 3. The fourth-order valence-corrected chi connectivity index (χ4v) is 1.53. The molecule has 84 valence electrons. The van der Waals surface area contributed by atoms with E-state index in [0.717, 1.165) is 18.8 Å². The first-order chi connectivity index (χ1) is 7.13. The molecule has 1 aromatic rings. The van der Waals surface area contributed by atoms with Crippen LogP contribution in [0, 0.1) is 0 Å². The zero-order valence-electron chi connectivity index (χ0n) is 9.09. The maximum atomic E-state index is 6.01. The van der Waals surface area contributed by atoms with Crippen LogP contribution < -0.4 is 11.1 Å². The van der Waals surface area contributed by atoms with E-state index >= 15 is 0 Å². The van der Waals surface area contributed by atoms with Crippen molar-refractivity contribution in [1.82, 2.24) is 0 Å². The summed E-state index contributed by atoms with van der Waals surface area (Å²) in [4.78, 5) is 0. The second kappa shape index (κ2) is 5.83. The molecule has 1 unspecified atom stereocenters. The molecule has 0 saturated carbocycles. The van der Waals surface area contributed by atoms with Gasteiger partial charge in [-0.2, -0.15) is 0 Å². The molecule has 1 rings (SSSR count). The summed E-state index contributed by atoms with van der Waals surface area (Å²) in [5.41, 5.74) is 7.15. The molecular formula is C11H17ClN2O. The fourth-order valence-electron chi connectivity index (χ4n) is 1.27. The Bertz CT molecular complexity index is 317. The molecule has 0 heterocycles. The van der Waals surface area contributed by atoms with E-state index in [9.17, 15) is 0 Å². The molecule has 3 N–H and O–H groups in total. The second-order valence-corrected chi connectivity index (χ2v) is 3.79. The maximum Gasteiger partial charge on any atom is 0.0719 e. The SMILES string of the molecule is CCOC(C)CNc1ccc(N)cc1Cl. The summed E-state index contributed by atoms with van der Waals surface area (Å²) in [7, 11) is 0. The van der Waals surface area contributed by atoms with Crippen LogP contribution in [0.3, 0.4) is 0 Å². The zero-order chi connectivity index (χ0) is 11.3. The van der Waals surface area contributed by atoms with Crippen LogP contribution in [-0.4, -0.2) is 19.3 Å². The van der Waals surface area contributed by atoms with Gasteiger partial charge in [-0.1, -0.05) is 11.6 Å². The molecule has 0 aromatic heterocycles. The predicted octanol–water partition coefficient (Wildman–Crippen LogP) is 2.76. The third kappa shape index (κ3) is 3.98. The number of benzene rings is 1. The Morgan fingerprint density at radius 1 is 1.53 bits per heavy atom. The number of anilines is 2. The van der Waals surface area contributed by atoms with Gasteiger partial charge in [-0.3, -0.25) is 0 Å². The van der Waals surface area contributed by atoms with Gasteiger partial charge in [0.15, 0.2) is 0 Å². The van der Waals surface area contributed by atoms with Crippen molar-refractivity contribution in [1.29, 1.82) is 0 Å². The molecule has 0 saturated heterocycles. The van der Waals surface area contributed by atoms with Crippen molar-refractivity contribution in [2.75, 3.05) is 24.2 Å². The van der Waals surface area contributed by atoms with Crippen molar-refractivity contribution in [2.24, 2.45) is 0 Å². The second-order valence-electron chi connectivity index (χ2n) is 3.39.